The number of nitrogens with zero attached hydrogens (tertiary/aromatic N) is 3. The van der Waals surface area contributed by atoms with Crippen LogP contribution in [-0.2, 0) is 9.59 Å². The molecule has 7 heteroatoms. The van der Waals surface area contributed by atoms with Gasteiger partial charge in [-0.25, -0.2) is 0 Å². The Labute approximate surface area is 214 Å². The maximum absolute atomic E-state index is 13.9. The number of piperazine rings is 2. The van der Waals surface area contributed by atoms with Crippen molar-refractivity contribution in [2.24, 2.45) is 17.1 Å². The molecule has 192 valence electrons. The van der Waals surface area contributed by atoms with Gasteiger partial charge in [0.2, 0.25) is 11.8 Å². The van der Waals surface area contributed by atoms with Crippen LogP contribution in [0.25, 0.3) is 0 Å². The van der Waals surface area contributed by atoms with Gasteiger partial charge in [-0.1, -0.05) is 60.7 Å². The van der Waals surface area contributed by atoms with Gasteiger partial charge in [0.1, 0.15) is 0 Å². The van der Waals surface area contributed by atoms with Crippen molar-refractivity contribution >= 4 is 11.8 Å². The van der Waals surface area contributed by atoms with Crippen LogP contribution in [0.5, 0.6) is 0 Å². The van der Waals surface area contributed by atoms with Gasteiger partial charge < -0.3 is 16.0 Å². The quantitative estimate of drug-likeness (QED) is 0.623. The maximum atomic E-state index is 13.9. The van der Waals surface area contributed by atoms with E-state index in [1.165, 1.54) is 11.1 Å². The second-order valence-corrected chi connectivity index (χ2v) is 11.0. The second kappa shape index (κ2) is 10.3. The lowest BCUT2D eigenvalue weighted by atomic mass is 9.95. The van der Waals surface area contributed by atoms with Crippen molar-refractivity contribution in [3.8, 4) is 0 Å². The van der Waals surface area contributed by atoms with E-state index in [1.807, 2.05) is 17.0 Å². The molecule has 5 rings (SSSR count). The molecule has 7 nitrogen and oxygen atoms in total. The van der Waals surface area contributed by atoms with E-state index in [-0.39, 0.29) is 23.8 Å². The smallest absolute Gasteiger partial charge is 0.231 e. The van der Waals surface area contributed by atoms with Gasteiger partial charge in [-0.05, 0) is 31.4 Å². The highest BCUT2D eigenvalue weighted by Gasteiger charge is 2.64. The van der Waals surface area contributed by atoms with Gasteiger partial charge in [-0.15, -0.1) is 0 Å². The number of carbonyl (C=O) groups excluding carboxylic acids is 2. The van der Waals surface area contributed by atoms with E-state index < -0.39 is 5.41 Å². The summed E-state index contributed by atoms with van der Waals surface area (Å²) in [5.41, 5.74) is 7.60. The Morgan fingerprint density at radius 2 is 1.44 bits per heavy atom. The molecule has 0 radical (unpaired) electrons. The van der Waals surface area contributed by atoms with Crippen molar-refractivity contribution in [3.05, 3.63) is 71.8 Å². The van der Waals surface area contributed by atoms with Crippen LogP contribution < -0.4 is 11.1 Å². The summed E-state index contributed by atoms with van der Waals surface area (Å²) in [4.78, 5) is 32.9. The molecule has 3 fully saturated rings. The van der Waals surface area contributed by atoms with E-state index in [1.54, 1.807) is 0 Å². The zero-order valence-electron chi connectivity index (χ0n) is 21.5. The number of benzene rings is 2. The highest BCUT2D eigenvalue weighted by molar-refractivity contribution is 5.95. The third-order valence-corrected chi connectivity index (χ3v) is 8.18. The van der Waals surface area contributed by atoms with Crippen molar-refractivity contribution in [1.29, 1.82) is 0 Å². The number of nitrogens with two attached hydrogens (primary N) is 1. The van der Waals surface area contributed by atoms with Crippen LogP contribution in [0.15, 0.2) is 60.7 Å². The first kappa shape index (κ1) is 24.9. The van der Waals surface area contributed by atoms with Crippen molar-refractivity contribution in [2.45, 2.75) is 38.4 Å². The molecule has 36 heavy (non-hydrogen) atoms. The van der Waals surface area contributed by atoms with E-state index in [2.05, 4.69) is 77.5 Å². The predicted molar refractivity (Wildman–Crippen MR) is 141 cm³/mol. The van der Waals surface area contributed by atoms with Crippen molar-refractivity contribution < 1.29 is 9.59 Å². The van der Waals surface area contributed by atoms with E-state index in [9.17, 15) is 9.59 Å². The van der Waals surface area contributed by atoms with Crippen LogP contribution in [-0.4, -0.2) is 84.4 Å². The van der Waals surface area contributed by atoms with Crippen LogP contribution in [0.2, 0.25) is 0 Å². The minimum atomic E-state index is -0.664. The van der Waals surface area contributed by atoms with E-state index in [4.69, 9.17) is 5.73 Å². The summed E-state index contributed by atoms with van der Waals surface area (Å²) < 4.78 is 0. The number of primary amides is 1. The maximum Gasteiger partial charge on any atom is 0.231 e. The summed E-state index contributed by atoms with van der Waals surface area (Å²) in [5, 5.41) is 3.55. The molecule has 4 unspecified atom stereocenters. The van der Waals surface area contributed by atoms with Gasteiger partial charge in [0.25, 0.3) is 0 Å². The summed E-state index contributed by atoms with van der Waals surface area (Å²) in [6.45, 7) is 9.64. The van der Waals surface area contributed by atoms with Gasteiger partial charge >= 0.3 is 0 Å². The lowest BCUT2D eigenvalue weighted by molar-refractivity contribution is -0.142. The molecule has 3 aliphatic rings. The number of nitrogens with one attached hydrogen (secondary N) is 1. The summed E-state index contributed by atoms with van der Waals surface area (Å²) in [5.74, 6) is -0.586. The molecule has 2 aliphatic heterocycles. The fraction of sp³-hybridized carbons (Fsp3) is 0.517. The first-order valence-corrected chi connectivity index (χ1v) is 13.3. The van der Waals surface area contributed by atoms with Crippen LogP contribution in [0.1, 0.15) is 37.4 Å². The van der Waals surface area contributed by atoms with Gasteiger partial charge in [0.15, 0.2) is 0 Å². The zero-order valence-corrected chi connectivity index (χ0v) is 21.5. The second-order valence-electron chi connectivity index (χ2n) is 11.0. The third-order valence-electron chi connectivity index (χ3n) is 8.18. The Balaban J connectivity index is 1.29. The van der Waals surface area contributed by atoms with Gasteiger partial charge in [0.05, 0.1) is 17.4 Å². The lowest BCUT2D eigenvalue weighted by Gasteiger charge is -2.42. The highest BCUT2D eigenvalue weighted by Crippen LogP contribution is 2.54. The molecular weight excluding hydrogens is 450 g/mol. The number of hydrogen-bond donors (Lipinski definition) is 2. The molecule has 0 spiro atoms. The van der Waals surface area contributed by atoms with Gasteiger partial charge in [-0.2, -0.15) is 0 Å². The largest absolute Gasteiger partial charge is 0.369 e. The predicted octanol–water partition coefficient (Wildman–Crippen LogP) is 2.09. The first-order valence-electron chi connectivity index (χ1n) is 13.3. The highest BCUT2D eigenvalue weighted by atomic mass is 16.2. The standard InChI is InChI=1S/C29H39N5O2/c1-21-18-32(19-22(2)31-21)20-29(17-25(29)27(30)35)28(36)34-15-13-33(14-16-34)26(23-9-5-3-6-10-23)24-11-7-4-8-12-24/h3-12,21-22,25-26,31H,13-20H2,1-2H3,(H2,30,35). The fourth-order valence-corrected chi connectivity index (χ4v) is 6.51. The Kier molecular flexibility index (Phi) is 7.15. The Morgan fingerprint density at radius 1 is 0.917 bits per heavy atom. The molecule has 2 aromatic rings. The normalized spacial score (nSPS) is 29.3. The first-order chi connectivity index (χ1) is 17.4. The van der Waals surface area contributed by atoms with E-state index in [0.717, 1.165) is 26.2 Å². The van der Waals surface area contributed by atoms with Crippen LogP contribution in [0.3, 0.4) is 0 Å². The lowest BCUT2D eigenvalue weighted by Crippen LogP contribution is -2.58. The van der Waals surface area contributed by atoms with Crippen LogP contribution in [0, 0.1) is 11.3 Å². The molecular formula is C29H39N5O2. The summed E-state index contributed by atoms with van der Waals surface area (Å²) >= 11 is 0. The third kappa shape index (κ3) is 5.05. The molecule has 1 saturated carbocycles. The minimum Gasteiger partial charge on any atom is -0.369 e. The van der Waals surface area contributed by atoms with Crippen LogP contribution >= 0.6 is 0 Å². The molecule has 2 amide bonds. The molecule has 0 bridgehead atoms. The molecule has 1 aliphatic carbocycles. The SMILES string of the molecule is CC1CN(CC2(C(=O)N3CCN(C(c4ccccc4)c4ccccc4)CC3)CC2C(N)=O)CC(C)N1. The van der Waals surface area contributed by atoms with E-state index >= 15 is 0 Å². The van der Waals surface area contributed by atoms with E-state index in [0.29, 0.717) is 38.1 Å². The molecule has 3 N–H and O–H groups in total. The van der Waals surface area contributed by atoms with Gasteiger partial charge in [0, 0.05) is 57.9 Å². The summed E-state index contributed by atoms with van der Waals surface area (Å²) in [6.07, 6.45) is 0.574. The Bertz CT molecular complexity index is 1010. The molecule has 0 aromatic heterocycles. The molecule has 2 saturated heterocycles. The minimum absolute atomic E-state index is 0.112. The summed E-state index contributed by atoms with van der Waals surface area (Å²) in [6, 6.07) is 22.1. The number of hydrogen-bond acceptors (Lipinski definition) is 5. The summed E-state index contributed by atoms with van der Waals surface area (Å²) in [7, 11) is 0. The molecule has 2 aromatic carbocycles. The van der Waals surface area contributed by atoms with Crippen molar-refractivity contribution in [1.82, 2.24) is 20.0 Å². The zero-order chi connectivity index (χ0) is 25.3. The number of rotatable bonds is 7. The Hall–Kier alpha value is -2.74. The van der Waals surface area contributed by atoms with Crippen LogP contribution in [0.4, 0.5) is 0 Å². The average Bonchev–Trinajstić information content (AvgIpc) is 3.60. The van der Waals surface area contributed by atoms with Crippen molar-refractivity contribution in [2.75, 3.05) is 45.8 Å². The van der Waals surface area contributed by atoms with Gasteiger partial charge in [-0.3, -0.25) is 19.4 Å². The monoisotopic (exact) mass is 489 g/mol. The number of amides is 2. The Morgan fingerprint density at radius 3 is 1.92 bits per heavy atom. The fourth-order valence-electron chi connectivity index (χ4n) is 6.51. The molecule has 2 heterocycles. The average molecular weight is 490 g/mol. The molecule has 4 atom stereocenters. The van der Waals surface area contributed by atoms with Crippen molar-refractivity contribution in [3.63, 3.8) is 0 Å². The topological polar surface area (TPSA) is 81.9 Å². The number of carbonyl (C=O) groups is 2.